The lowest BCUT2D eigenvalue weighted by Crippen LogP contribution is -2.11. The van der Waals surface area contributed by atoms with E-state index in [9.17, 15) is 9.18 Å². The van der Waals surface area contributed by atoms with Gasteiger partial charge in [0.2, 0.25) is 0 Å². The molecular formula is C15H17FO. The number of hydrogen-bond acceptors (Lipinski definition) is 1. The number of rotatable bonds is 3. The van der Waals surface area contributed by atoms with Gasteiger partial charge in [-0.05, 0) is 43.1 Å². The van der Waals surface area contributed by atoms with E-state index in [1.165, 1.54) is 5.56 Å². The van der Waals surface area contributed by atoms with Crippen LogP contribution in [-0.2, 0) is 0 Å². The molecule has 0 aliphatic heterocycles. The Morgan fingerprint density at radius 3 is 2.24 bits per heavy atom. The third-order valence-corrected chi connectivity index (χ3v) is 3.66. The zero-order chi connectivity index (χ0) is 12.1. The summed E-state index contributed by atoms with van der Waals surface area (Å²) in [5.74, 6) is 0.977. The zero-order valence-electron chi connectivity index (χ0n) is 9.81. The molecule has 1 fully saturated rings. The van der Waals surface area contributed by atoms with Crippen molar-refractivity contribution in [2.45, 2.75) is 31.6 Å². The highest BCUT2D eigenvalue weighted by molar-refractivity contribution is 5.74. The van der Waals surface area contributed by atoms with Crippen molar-refractivity contribution in [3.05, 3.63) is 47.8 Å². The molecule has 2 heteroatoms. The third-order valence-electron chi connectivity index (χ3n) is 3.66. The SMILES string of the molecule is O=Cc1ccc(C2CCC(C=CF)CC2)cc1. The molecule has 1 aliphatic carbocycles. The monoisotopic (exact) mass is 232 g/mol. The van der Waals surface area contributed by atoms with Gasteiger partial charge in [-0.15, -0.1) is 0 Å². The molecule has 0 atom stereocenters. The molecule has 0 N–H and O–H groups in total. The van der Waals surface area contributed by atoms with E-state index in [0.29, 0.717) is 18.2 Å². The lowest BCUT2D eigenvalue weighted by Gasteiger charge is -2.26. The van der Waals surface area contributed by atoms with E-state index < -0.39 is 0 Å². The average Bonchev–Trinajstić information content (AvgIpc) is 2.40. The Morgan fingerprint density at radius 2 is 1.71 bits per heavy atom. The van der Waals surface area contributed by atoms with E-state index in [4.69, 9.17) is 0 Å². The first-order valence-corrected chi connectivity index (χ1v) is 6.15. The van der Waals surface area contributed by atoms with E-state index in [-0.39, 0.29) is 0 Å². The Balaban J connectivity index is 1.97. The van der Waals surface area contributed by atoms with Gasteiger partial charge in [-0.1, -0.05) is 30.3 Å². The van der Waals surface area contributed by atoms with Crippen molar-refractivity contribution >= 4 is 6.29 Å². The molecule has 0 heterocycles. The number of allylic oxidation sites excluding steroid dienone is 1. The minimum atomic E-state index is 0.408. The number of carbonyl (C=O) groups excluding carboxylic acids is 1. The second-order valence-corrected chi connectivity index (χ2v) is 4.71. The van der Waals surface area contributed by atoms with Crippen LogP contribution in [0.2, 0.25) is 0 Å². The van der Waals surface area contributed by atoms with Gasteiger partial charge in [0.1, 0.15) is 6.29 Å². The second-order valence-electron chi connectivity index (χ2n) is 4.71. The lowest BCUT2D eigenvalue weighted by molar-refractivity contribution is 0.112. The number of benzene rings is 1. The van der Waals surface area contributed by atoms with Crippen molar-refractivity contribution in [3.8, 4) is 0 Å². The van der Waals surface area contributed by atoms with Gasteiger partial charge < -0.3 is 0 Å². The summed E-state index contributed by atoms with van der Waals surface area (Å²) in [7, 11) is 0. The van der Waals surface area contributed by atoms with E-state index in [1.807, 2.05) is 24.3 Å². The van der Waals surface area contributed by atoms with Crippen LogP contribution >= 0.6 is 0 Å². The fraction of sp³-hybridized carbons (Fsp3) is 0.400. The Hall–Kier alpha value is -1.44. The minimum absolute atomic E-state index is 0.408. The lowest BCUT2D eigenvalue weighted by atomic mass is 9.79. The first kappa shape index (κ1) is 12.0. The number of halogens is 1. The number of hydrogen-bond donors (Lipinski definition) is 0. The summed E-state index contributed by atoms with van der Waals surface area (Å²) in [4.78, 5) is 10.6. The molecule has 1 aliphatic rings. The van der Waals surface area contributed by atoms with Crippen molar-refractivity contribution in [1.82, 2.24) is 0 Å². The predicted octanol–water partition coefficient (Wildman–Crippen LogP) is 4.26. The molecule has 0 unspecified atom stereocenters. The predicted molar refractivity (Wildman–Crippen MR) is 66.8 cm³/mol. The summed E-state index contributed by atoms with van der Waals surface area (Å²) < 4.78 is 12.1. The van der Waals surface area contributed by atoms with Crippen molar-refractivity contribution in [1.29, 1.82) is 0 Å². The molecule has 1 aromatic carbocycles. The average molecular weight is 232 g/mol. The Labute approximate surface area is 101 Å². The number of aldehydes is 1. The molecule has 1 saturated carbocycles. The fourth-order valence-electron chi connectivity index (χ4n) is 2.59. The molecule has 2 rings (SSSR count). The molecule has 0 bridgehead atoms. The van der Waals surface area contributed by atoms with Gasteiger partial charge in [-0.25, -0.2) is 4.39 Å². The van der Waals surface area contributed by atoms with Crippen LogP contribution in [0.15, 0.2) is 36.7 Å². The standard InChI is InChI=1S/C15H17FO/c16-10-9-12-1-5-14(6-2-12)15-7-3-13(11-17)4-8-15/h3-4,7-12,14H,1-2,5-6H2. The van der Waals surface area contributed by atoms with Gasteiger partial charge in [0.05, 0.1) is 6.33 Å². The van der Waals surface area contributed by atoms with E-state index in [1.54, 1.807) is 6.08 Å². The summed E-state index contributed by atoms with van der Waals surface area (Å²) >= 11 is 0. The van der Waals surface area contributed by atoms with Gasteiger partial charge in [0.15, 0.2) is 0 Å². The highest BCUT2D eigenvalue weighted by atomic mass is 19.1. The maximum Gasteiger partial charge on any atom is 0.150 e. The molecule has 0 radical (unpaired) electrons. The molecule has 1 nitrogen and oxygen atoms in total. The van der Waals surface area contributed by atoms with Crippen LogP contribution < -0.4 is 0 Å². The van der Waals surface area contributed by atoms with Crippen LogP contribution in [0.1, 0.15) is 47.5 Å². The normalized spacial score (nSPS) is 25.0. The molecule has 1 aromatic rings. The van der Waals surface area contributed by atoms with Crippen molar-refractivity contribution in [2.24, 2.45) is 5.92 Å². The van der Waals surface area contributed by atoms with Gasteiger partial charge in [0.25, 0.3) is 0 Å². The van der Waals surface area contributed by atoms with Gasteiger partial charge in [0, 0.05) is 5.56 Å². The minimum Gasteiger partial charge on any atom is -0.298 e. The molecule has 17 heavy (non-hydrogen) atoms. The van der Waals surface area contributed by atoms with E-state index in [2.05, 4.69) is 0 Å². The first-order valence-electron chi connectivity index (χ1n) is 6.15. The Kier molecular flexibility index (Phi) is 4.08. The zero-order valence-corrected chi connectivity index (χ0v) is 9.81. The second kappa shape index (κ2) is 5.76. The Bertz CT molecular complexity index is 386. The van der Waals surface area contributed by atoms with Crippen LogP contribution in [0, 0.1) is 5.92 Å². The topological polar surface area (TPSA) is 17.1 Å². The third kappa shape index (κ3) is 3.02. The van der Waals surface area contributed by atoms with Crippen LogP contribution in [-0.4, -0.2) is 6.29 Å². The Morgan fingerprint density at radius 1 is 1.06 bits per heavy atom. The van der Waals surface area contributed by atoms with E-state index >= 15 is 0 Å². The van der Waals surface area contributed by atoms with Crippen molar-refractivity contribution < 1.29 is 9.18 Å². The molecule has 0 saturated heterocycles. The van der Waals surface area contributed by atoms with Gasteiger partial charge in [-0.2, -0.15) is 0 Å². The summed E-state index contributed by atoms with van der Waals surface area (Å²) in [6.45, 7) is 0. The van der Waals surface area contributed by atoms with Crippen LogP contribution in [0.4, 0.5) is 4.39 Å². The van der Waals surface area contributed by atoms with Gasteiger partial charge in [-0.3, -0.25) is 4.79 Å². The largest absolute Gasteiger partial charge is 0.298 e. The quantitative estimate of drug-likeness (QED) is 0.712. The first-order chi connectivity index (χ1) is 8.33. The molecule has 0 aromatic heterocycles. The van der Waals surface area contributed by atoms with Crippen molar-refractivity contribution in [3.63, 3.8) is 0 Å². The molecule has 0 amide bonds. The molecular weight excluding hydrogens is 215 g/mol. The summed E-state index contributed by atoms with van der Waals surface area (Å²) in [5.41, 5.74) is 2.03. The van der Waals surface area contributed by atoms with E-state index in [0.717, 1.165) is 37.5 Å². The summed E-state index contributed by atoms with van der Waals surface area (Å²) in [6.07, 6.45) is 7.54. The highest BCUT2D eigenvalue weighted by Gasteiger charge is 2.20. The summed E-state index contributed by atoms with van der Waals surface area (Å²) in [5, 5.41) is 0. The maximum atomic E-state index is 12.1. The summed E-state index contributed by atoms with van der Waals surface area (Å²) in [6, 6.07) is 7.82. The molecule has 0 spiro atoms. The molecule has 90 valence electrons. The fourth-order valence-corrected chi connectivity index (χ4v) is 2.59. The van der Waals surface area contributed by atoms with Crippen LogP contribution in [0.5, 0.6) is 0 Å². The van der Waals surface area contributed by atoms with Crippen molar-refractivity contribution in [2.75, 3.05) is 0 Å². The van der Waals surface area contributed by atoms with Crippen LogP contribution in [0.3, 0.4) is 0 Å². The number of carbonyl (C=O) groups is 1. The van der Waals surface area contributed by atoms with Crippen LogP contribution in [0.25, 0.3) is 0 Å². The maximum absolute atomic E-state index is 12.1. The smallest absolute Gasteiger partial charge is 0.150 e. The highest BCUT2D eigenvalue weighted by Crippen LogP contribution is 2.36. The van der Waals surface area contributed by atoms with Gasteiger partial charge >= 0.3 is 0 Å².